The van der Waals surface area contributed by atoms with Gasteiger partial charge in [0.25, 0.3) is 0 Å². The van der Waals surface area contributed by atoms with Gasteiger partial charge >= 0.3 is 6.18 Å². The van der Waals surface area contributed by atoms with Crippen molar-refractivity contribution < 1.29 is 17.9 Å². The number of ether oxygens (including phenoxy) is 1. The van der Waals surface area contributed by atoms with Crippen LogP contribution in [0.3, 0.4) is 0 Å². The summed E-state index contributed by atoms with van der Waals surface area (Å²) in [6.07, 6.45) is -1.54. The summed E-state index contributed by atoms with van der Waals surface area (Å²) in [5, 5.41) is 13.4. The SMILES string of the molecule is N#Cc1cc(OCc2ccc(C(F)(F)F)nc2)cc(Nc2ccc3cc[nH]c3c2)n1. The predicted octanol–water partition coefficient (Wildman–Crippen LogP) is 5.17. The van der Waals surface area contributed by atoms with E-state index in [0.29, 0.717) is 17.1 Å². The lowest BCUT2D eigenvalue weighted by Crippen LogP contribution is -2.08. The summed E-state index contributed by atoms with van der Waals surface area (Å²) < 4.78 is 43.5. The normalized spacial score (nSPS) is 11.3. The molecule has 0 radical (unpaired) electrons. The number of nitrogens with zero attached hydrogens (tertiary/aromatic N) is 3. The molecule has 0 saturated heterocycles. The number of alkyl halides is 3. The molecule has 30 heavy (non-hydrogen) atoms. The smallest absolute Gasteiger partial charge is 0.433 e. The zero-order valence-electron chi connectivity index (χ0n) is 15.4. The Bertz CT molecular complexity index is 1230. The first-order valence-electron chi connectivity index (χ1n) is 8.82. The number of benzene rings is 1. The summed E-state index contributed by atoms with van der Waals surface area (Å²) in [7, 11) is 0. The van der Waals surface area contributed by atoms with E-state index in [1.807, 2.05) is 36.5 Å². The second kappa shape index (κ2) is 7.75. The van der Waals surface area contributed by atoms with Gasteiger partial charge < -0.3 is 15.0 Å². The number of halogens is 3. The third kappa shape index (κ3) is 4.33. The fourth-order valence-corrected chi connectivity index (χ4v) is 2.83. The van der Waals surface area contributed by atoms with Crippen LogP contribution in [0.4, 0.5) is 24.7 Å². The highest BCUT2D eigenvalue weighted by atomic mass is 19.4. The molecule has 0 fully saturated rings. The van der Waals surface area contributed by atoms with Crippen molar-refractivity contribution in [2.45, 2.75) is 12.8 Å². The van der Waals surface area contributed by atoms with Gasteiger partial charge in [0.15, 0.2) is 0 Å². The number of pyridine rings is 2. The van der Waals surface area contributed by atoms with Gasteiger partial charge in [-0.2, -0.15) is 18.4 Å². The van der Waals surface area contributed by atoms with Gasteiger partial charge in [-0.1, -0.05) is 12.1 Å². The maximum Gasteiger partial charge on any atom is 0.433 e. The molecule has 3 aromatic heterocycles. The summed E-state index contributed by atoms with van der Waals surface area (Å²) in [6, 6.07) is 14.9. The van der Waals surface area contributed by atoms with E-state index in [9.17, 15) is 18.4 Å². The molecule has 3 heterocycles. The van der Waals surface area contributed by atoms with Gasteiger partial charge in [0.1, 0.15) is 35.6 Å². The molecular formula is C21H14F3N5O. The van der Waals surface area contributed by atoms with Crippen LogP contribution in [0.25, 0.3) is 10.9 Å². The number of nitriles is 1. The molecule has 9 heteroatoms. The van der Waals surface area contributed by atoms with Crippen LogP contribution in [-0.2, 0) is 12.8 Å². The van der Waals surface area contributed by atoms with Crippen LogP contribution in [0.1, 0.15) is 17.0 Å². The van der Waals surface area contributed by atoms with Crippen LogP contribution in [0, 0.1) is 11.3 Å². The molecule has 0 aliphatic carbocycles. The van der Waals surface area contributed by atoms with Crippen LogP contribution in [0.2, 0.25) is 0 Å². The van der Waals surface area contributed by atoms with Gasteiger partial charge in [-0.15, -0.1) is 0 Å². The maximum atomic E-state index is 12.6. The number of H-pyrrole nitrogens is 1. The molecular weight excluding hydrogens is 395 g/mol. The Hall–Kier alpha value is -4.06. The highest BCUT2D eigenvalue weighted by molar-refractivity contribution is 5.83. The third-order valence-corrected chi connectivity index (χ3v) is 4.26. The zero-order chi connectivity index (χ0) is 21.1. The molecule has 4 rings (SSSR count). The summed E-state index contributed by atoms with van der Waals surface area (Å²) >= 11 is 0. The molecule has 0 unspecified atom stereocenters. The average molecular weight is 409 g/mol. The standard InChI is InChI=1S/C21H14F3N5O/c22-21(23,24)19-4-1-13(11-27-19)12-30-17-7-16(10-25)29-20(9-17)28-15-3-2-14-5-6-26-18(14)8-15/h1-9,11,26H,12H2,(H,28,29). The molecule has 0 spiro atoms. The van der Waals surface area contributed by atoms with Crippen molar-refractivity contribution in [2.24, 2.45) is 0 Å². The Kier molecular flexibility index (Phi) is 4.98. The Morgan fingerprint density at radius 1 is 1.10 bits per heavy atom. The van der Waals surface area contributed by atoms with Gasteiger partial charge in [0, 0.05) is 41.3 Å². The van der Waals surface area contributed by atoms with Crippen molar-refractivity contribution in [3.63, 3.8) is 0 Å². The van der Waals surface area contributed by atoms with E-state index >= 15 is 0 Å². The zero-order valence-corrected chi connectivity index (χ0v) is 15.4. The molecule has 0 aliphatic heterocycles. The van der Waals surface area contributed by atoms with Gasteiger partial charge in [-0.3, -0.25) is 4.98 Å². The summed E-state index contributed by atoms with van der Waals surface area (Å²) in [5.74, 6) is 0.755. The number of hydrogen-bond acceptors (Lipinski definition) is 5. The minimum atomic E-state index is -4.49. The van der Waals surface area contributed by atoms with Crippen LogP contribution in [0.5, 0.6) is 5.75 Å². The molecule has 2 N–H and O–H groups in total. The summed E-state index contributed by atoms with van der Waals surface area (Å²) in [6.45, 7) is -0.00606. The largest absolute Gasteiger partial charge is 0.489 e. The minimum Gasteiger partial charge on any atom is -0.489 e. The van der Waals surface area contributed by atoms with E-state index in [4.69, 9.17) is 4.74 Å². The Morgan fingerprint density at radius 3 is 2.70 bits per heavy atom. The Morgan fingerprint density at radius 2 is 1.97 bits per heavy atom. The minimum absolute atomic E-state index is 0.00606. The van der Waals surface area contributed by atoms with E-state index in [-0.39, 0.29) is 12.3 Å². The van der Waals surface area contributed by atoms with Gasteiger partial charge in [-0.05, 0) is 29.7 Å². The molecule has 0 saturated carbocycles. The van der Waals surface area contributed by atoms with Gasteiger partial charge in [0.2, 0.25) is 0 Å². The van der Waals surface area contributed by atoms with E-state index in [1.165, 1.54) is 12.1 Å². The number of fused-ring (bicyclic) bond motifs is 1. The first-order valence-corrected chi connectivity index (χ1v) is 8.82. The van der Waals surface area contributed by atoms with E-state index < -0.39 is 11.9 Å². The second-order valence-corrected chi connectivity index (χ2v) is 6.43. The van der Waals surface area contributed by atoms with Gasteiger partial charge in [-0.25, -0.2) is 4.98 Å². The molecule has 150 valence electrons. The van der Waals surface area contributed by atoms with Crippen molar-refractivity contribution in [1.82, 2.24) is 15.0 Å². The lowest BCUT2D eigenvalue weighted by molar-refractivity contribution is -0.141. The topological polar surface area (TPSA) is 86.6 Å². The maximum absolute atomic E-state index is 12.6. The first-order chi connectivity index (χ1) is 14.4. The van der Waals surface area contributed by atoms with Crippen LogP contribution >= 0.6 is 0 Å². The fourth-order valence-electron chi connectivity index (χ4n) is 2.83. The first kappa shape index (κ1) is 19.3. The number of aromatic amines is 1. The van der Waals surface area contributed by atoms with Crippen LogP contribution in [-0.4, -0.2) is 15.0 Å². The molecule has 0 bridgehead atoms. The van der Waals surface area contributed by atoms with Crippen molar-refractivity contribution >= 4 is 22.4 Å². The summed E-state index contributed by atoms with van der Waals surface area (Å²) in [5.41, 5.74) is 1.35. The molecule has 0 aliphatic rings. The number of nitrogens with one attached hydrogen (secondary N) is 2. The highest BCUT2D eigenvalue weighted by Crippen LogP contribution is 2.28. The Labute approximate surface area is 169 Å². The van der Waals surface area contributed by atoms with Gasteiger partial charge in [0.05, 0.1) is 0 Å². The van der Waals surface area contributed by atoms with Crippen molar-refractivity contribution in [3.05, 3.63) is 77.9 Å². The van der Waals surface area contributed by atoms with E-state index in [2.05, 4.69) is 20.3 Å². The second-order valence-electron chi connectivity index (χ2n) is 6.43. The number of anilines is 2. The fraction of sp³-hybridized carbons (Fsp3) is 0.0952. The van der Waals surface area contributed by atoms with Crippen LogP contribution in [0.15, 0.2) is 60.9 Å². The van der Waals surface area contributed by atoms with E-state index in [1.54, 1.807) is 6.07 Å². The van der Waals surface area contributed by atoms with E-state index in [0.717, 1.165) is 28.9 Å². The number of rotatable bonds is 5. The Balaban J connectivity index is 1.50. The highest BCUT2D eigenvalue weighted by Gasteiger charge is 2.31. The third-order valence-electron chi connectivity index (χ3n) is 4.26. The van der Waals surface area contributed by atoms with Crippen molar-refractivity contribution in [2.75, 3.05) is 5.32 Å². The molecule has 4 aromatic rings. The van der Waals surface area contributed by atoms with Crippen LogP contribution < -0.4 is 10.1 Å². The average Bonchev–Trinajstić information content (AvgIpc) is 3.19. The quantitative estimate of drug-likeness (QED) is 0.475. The molecule has 0 atom stereocenters. The lowest BCUT2D eigenvalue weighted by Gasteiger charge is -2.11. The predicted molar refractivity (Wildman–Crippen MR) is 104 cm³/mol. The van der Waals surface area contributed by atoms with Crippen molar-refractivity contribution in [3.8, 4) is 11.8 Å². The number of hydrogen-bond donors (Lipinski definition) is 2. The molecule has 6 nitrogen and oxygen atoms in total. The molecule has 1 aromatic carbocycles. The molecule has 0 amide bonds. The summed E-state index contributed by atoms with van der Waals surface area (Å²) in [4.78, 5) is 10.7. The monoisotopic (exact) mass is 409 g/mol. The number of aromatic nitrogens is 3. The lowest BCUT2D eigenvalue weighted by atomic mass is 10.2. The van der Waals surface area contributed by atoms with Crippen molar-refractivity contribution in [1.29, 1.82) is 5.26 Å².